The molecule has 0 aliphatic carbocycles. The average molecular weight is 286 g/mol. The molecule has 0 saturated heterocycles. The summed E-state index contributed by atoms with van der Waals surface area (Å²) >= 11 is 0. The maximum atomic E-state index is 11.6. The number of carbonyl (C=O) groups excluding carboxylic acids is 1. The van der Waals surface area contributed by atoms with E-state index in [1.54, 1.807) is 36.4 Å². The molecule has 16 heavy (non-hydrogen) atoms. The molecule has 0 spiro atoms. The second-order valence-electron chi connectivity index (χ2n) is 2.99. The van der Waals surface area contributed by atoms with E-state index in [0.717, 1.165) is 0 Å². The zero-order valence-electron chi connectivity index (χ0n) is 8.59. The molecule has 0 atom stereocenters. The molecule has 2 aromatic rings. The number of benzene rings is 2. The van der Waals surface area contributed by atoms with Gasteiger partial charge in [-0.15, -0.1) is 0 Å². The predicted molar refractivity (Wildman–Crippen MR) is 56.7 cm³/mol. The van der Waals surface area contributed by atoms with E-state index < -0.39 is 0 Å². The molecule has 0 bridgehead atoms. The van der Waals surface area contributed by atoms with Gasteiger partial charge in [-0.25, -0.2) is 4.79 Å². The van der Waals surface area contributed by atoms with E-state index in [1.165, 1.54) is 0 Å². The minimum Gasteiger partial charge on any atom is -0.424 e. The quantitative estimate of drug-likeness (QED) is 0.482. The molecule has 0 fully saturated rings. The average Bonchev–Trinajstić information content (AvgIpc) is 2.31. The summed E-state index contributed by atoms with van der Waals surface area (Å²) < 4.78 is 5.15. The molecule has 0 radical (unpaired) electrons. The Morgan fingerprint density at radius 2 is 1.62 bits per heavy atom. The van der Waals surface area contributed by atoms with Crippen LogP contribution in [-0.2, 0) is 32.7 Å². The Labute approximate surface area is 120 Å². The maximum absolute atomic E-state index is 11.6. The fourth-order valence-corrected chi connectivity index (χ4v) is 1.18. The molecular formula is C13H9O2Y+2. The Balaban J connectivity index is 0.00000128. The normalized spacial score (nSPS) is 9.00. The number of hydrogen-bond acceptors (Lipinski definition) is 2. The third-order valence-corrected chi connectivity index (χ3v) is 1.91. The zero-order chi connectivity index (χ0) is 10.5. The monoisotopic (exact) mass is 286 g/mol. The zero-order valence-corrected chi connectivity index (χ0v) is 11.4. The van der Waals surface area contributed by atoms with Crippen LogP contribution in [0.15, 0.2) is 54.6 Å². The number of esters is 1. The molecule has 3 heteroatoms. The van der Waals surface area contributed by atoms with Crippen molar-refractivity contribution in [3.63, 3.8) is 0 Å². The van der Waals surface area contributed by atoms with Gasteiger partial charge in [0.15, 0.2) is 0 Å². The van der Waals surface area contributed by atoms with Crippen LogP contribution in [0.5, 0.6) is 5.75 Å². The smallest absolute Gasteiger partial charge is 0.424 e. The van der Waals surface area contributed by atoms with Crippen LogP contribution >= 0.6 is 0 Å². The second-order valence-corrected chi connectivity index (χ2v) is 2.99. The van der Waals surface area contributed by atoms with Gasteiger partial charge in [0.1, 0.15) is 5.75 Å². The van der Waals surface area contributed by atoms with Gasteiger partial charge in [-0.3, -0.25) is 0 Å². The van der Waals surface area contributed by atoms with Crippen LogP contribution in [0.4, 0.5) is 0 Å². The molecule has 0 heterocycles. The minimum atomic E-state index is -0.352. The molecule has 2 rings (SSSR count). The van der Waals surface area contributed by atoms with E-state index in [4.69, 9.17) is 4.74 Å². The summed E-state index contributed by atoms with van der Waals surface area (Å²) in [6.07, 6.45) is 0. The van der Waals surface area contributed by atoms with Crippen molar-refractivity contribution < 1.29 is 42.2 Å². The molecule has 0 N–H and O–H groups in total. The SMILES string of the molecule is O=C(Oc1ccccc1)c1cc[c-]cc1.[Y+3]. The first-order chi connectivity index (χ1) is 7.36. The summed E-state index contributed by atoms with van der Waals surface area (Å²) in [5, 5.41) is 0. The Hall–Kier alpha value is -0.986. The van der Waals surface area contributed by atoms with Crippen molar-refractivity contribution in [2.75, 3.05) is 0 Å². The van der Waals surface area contributed by atoms with Crippen LogP contribution in [-0.4, -0.2) is 5.97 Å². The molecular weight excluding hydrogens is 277 g/mol. The summed E-state index contributed by atoms with van der Waals surface area (Å²) in [7, 11) is 0. The van der Waals surface area contributed by atoms with Crippen molar-refractivity contribution in [3.05, 3.63) is 66.2 Å². The van der Waals surface area contributed by atoms with E-state index >= 15 is 0 Å². The Morgan fingerprint density at radius 1 is 1.00 bits per heavy atom. The molecule has 0 saturated carbocycles. The van der Waals surface area contributed by atoms with Crippen LogP contribution in [0, 0.1) is 6.07 Å². The molecule has 0 unspecified atom stereocenters. The first-order valence-corrected chi connectivity index (χ1v) is 4.59. The van der Waals surface area contributed by atoms with Gasteiger partial charge in [-0.2, -0.15) is 30.3 Å². The van der Waals surface area contributed by atoms with Gasteiger partial charge in [0.05, 0.1) is 0 Å². The van der Waals surface area contributed by atoms with E-state index in [0.29, 0.717) is 11.3 Å². The van der Waals surface area contributed by atoms with Gasteiger partial charge in [0.2, 0.25) is 0 Å². The number of rotatable bonds is 2. The Kier molecular flexibility index (Phi) is 5.37. The topological polar surface area (TPSA) is 26.3 Å². The van der Waals surface area contributed by atoms with Crippen LogP contribution < -0.4 is 4.74 Å². The first kappa shape index (κ1) is 13.1. The summed E-state index contributed by atoms with van der Waals surface area (Å²) in [4.78, 5) is 11.6. The van der Waals surface area contributed by atoms with Crippen molar-refractivity contribution in [2.24, 2.45) is 0 Å². The molecule has 0 aliphatic rings. The van der Waals surface area contributed by atoms with Crippen molar-refractivity contribution in [1.29, 1.82) is 0 Å². The summed E-state index contributed by atoms with van der Waals surface area (Å²) in [5.41, 5.74) is 0.526. The Bertz CT molecular complexity index is 440. The van der Waals surface area contributed by atoms with Gasteiger partial charge in [-0.1, -0.05) is 18.2 Å². The molecule has 74 valence electrons. The van der Waals surface area contributed by atoms with Gasteiger partial charge in [0, 0.05) is 0 Å². The van der Waals surface area contributed by atoms with Crippen molar-refractivity contribution in [1.82, 2.24) is 0 Å². The van der Waals surface area contributed by atoms with Gasteiger partial charge in [0.25, 0.3) is 0 Å². The number of para-hydroxylation sites is 1. The fraction of sp³-hybridized carbons (Fsp3) is 0. The summed E-state index contributed by atoms with van der Waals surface area (Å²) in [6, 6.07) is 18.5. The van der Waals surface area contributed by atoms with Crippen LogP contribution in [0.1, 0.15) is 10.4 Å². The van der Waals surface area contributed by atoms with Crippen molar-refractivity contribution >= 4 is 5.97 Å². The van der Waals surface area contributed by atoms with Crippen LogP contribution in [0.3, 0.4) is 0 Å². The molecule has 0 amide bonds. The number of ether oxygens (including phenoxy) is 1. The predicted octanol–water partition coefficient (Wildman–Crippen LogP) is 2.70. The molecule has 0 aliphatic heterocycles. The fourth-order valence-electron chi connectivity index (χ4n) is 1.18. The second kappa shape index (κ2) is 6.56. The standard InChI is InChI=1S/C13H9O2.Y/c14-13(11-7-3-1-4-8-11)15-12-9-5-2-6-10-12;/h2-10H;/q-1;+3. The molecule has 0 aromatic heterocycles. The maximum Gasteiger partial charge on any atom is 3.00 e. The third-order valence-electron chi connectivity index (χ3n) is 1.91. The van der Waals surface area contributed by atoms with E-state index in [2.05, 4.69) is 6.07 Å². The van der Waals surface area contributed by atoms with Crippen LogP contribution in [0.25, 0.3) is 0 Å². The van der Waals surface area contributed by atoms with Gasteiger partial charge >= 0.3 is 38.7 Å². The third kappa shape index (κ3) is 3.55. The van der Waals surface area contributed by atoms with Crippen LogP contribution in [0.2, 0.25) is 0 Å². The number of hydrogen-bond donors (Lipinski definition) is 0. The molecule has 2 aromatic carbocycles. The van der Waals surface area contributed by atoms with E-state index in [1.807, 2.05) is 18.2 Å². The first-order valence-electron chi connectivity index (χ1n) is 4.59. The summed E-state index contributed by atoms with van der Waals surface area (Å²) in [5.74, 6) is 0.200. The minimum absolute atomic E-state index is 0. The van der Waals surface area contributed by atoms with E-state index in [9.17, 15) is 4.79 Å². The van der Waals surface area contributed by atoms with Crippen molar-refractivity contribution in [2.45, 2.75) is 0 Å². The molecule has 2 nitrogen and oxygen atoms in total. The van der Waals surface area contributed by atoms with Crippen molar-refractivity contribution in [3.8, 4) is 5.75 Å². The van der Waals surface area contributed by atoms with E-state index in [-0.39, 0.29) is 38.7 Å². The number of carbonyl (C=O) groups is 1. The van der Waals surface area contributed by atoms with Gasteiger partial charge < -0.3 is 4.74 Å². The van der Waals surface area contributed by atoms with Gasteiger partial charge in [-0.05, 0) is 17.7 Å². The summed E-state index contributed by atoms with van der Waals surface area (Å²) in [6.45, 7) is 0. The Morgan fingerprint density at radius 3 is 2.25 bits per heavy atom. The largest absolute Gasteiger partial charge is 3.00 e.